The van der Waals surface area contributed by atoms with Crippen LogP contribution in [-0.4, -0.2) is 23.2 Å². The minimum atomic E-state index is -0.796. The number of carbonyl (C=O) groups excluding carboxylic acids is 1. The van der Waals surface area contributed by atoms with Crippen molar-refractivity contribution >= 4 is 5.91 Å². The van der Waals surface area contributed by atoms with Crippen LogP contribution in [0.15, 0.2) is 18.2 Å². The number of aryl methyl sites for hydroxylation is 1. The van der Waals surface area contributed by atoms with Gasteiger partial charge in [-0.3, -0.25) is 4.79 Å². The molecule has 1 fully saturated rings. The van der Waals surface area contributed by atoms with Gasteiger partial charge in [0.25, 0.3) is 5.91 Å². The Morgan fingerprint density at radius 3 is 2.67 bits per heavy atom. The SMILES string of the molecule is CCC1CCC(O)(CNC(=O)c2ccc(F)cc2C)CC1. The smallest absolute Gasteiger partial charge is 0.251 e. The number of aliphatic hydroxyl groups is 1. The van der Waals surface area contributed by atoms with Crippen LogP contribution in [0, 0.1) is 18.7 Å². The number of amides is 1. The normalized spacial score (nSPS) is 25.6. The van der Waals surface area contributed by atoms with Gasteiger partial charge in [0, 0.05) is 12.1 Å². The summed E-state index contributed by atoms with van der Waals surface area (Å²) in [5.74, 6) is 0.0967. The van der Waals surface area contributed by atoms with Gasteiger partial charge in [-0.15, -0.1) is 0 Å². The van der Waals surface area contributed by atoms with E-state index in [2.05, 4.69) is 12.2 Å². The average Bonchev–Trinajstić information content (AvgIpc) is 2.46. The van der Waals surface area contributed by atoms with Crippen molar-refractivity contribution < 1.29 is 14.3 Å². The molecular formula is C17H24FNO2. The summed E-state index contributed by atoms with van der Waals surface area (Å²) in [6.45, 7) is 4.15. The molecule has 4 heteroatoms. The van der Waals surface area contributed by atoms with Crippen molar-refractivity contribution in [2.45, 2.75) is 51.6 Å². The second-order valence-corrected chi connectivity index (χ2v) is 6.22. The molecule has 1 aromatic rings. The Bertz CT molecular complexity index is 508. The third-order valence-electron chi connectivity index (χ3n) is 4.62. The minimum Gasteiger partial charge on any atom is -0.388 e. The number of hydrogen-bond donors (Lipinski definition) is 2. The Balaban J connectivity index is 1.92. The summed E-state index contributed by atoms with van der Waals surface area (Å²) < 4.78 is 13.0. The topological polar surface area (TPSA) is 49.3 Å². The summed E-state index contributed by atoms with van der Waals surface area (Å²) in [5.41, 5.74) is 0.270. The Hall–Kier alpha value is -1.42. The average molecular weight is 293 g/mol. The lowest BCUT2D eigenvalue weighted by Crippen LogP contribution is -2.45. The van der Waals surface area contributed by atoms with Gasteiger partial charge in [0.15, 0.2) is 0 Å². The summed E-state index contributed by atoms with van der Waals surface area (Å²) in [7, 11) is 0. The van der Waals surface area contributed by atoms with Crippen LogP contribution in [0.1, 0.15) is 54.9 Å². The largest absolute Gasteiger partial charge is 0.388 e. The van der Waals surface area contributed by atoms with E-state index in [1.807, 2.05) is 0 Å². The first-order valence-corrected chi connectivity index (χ1v) is 7.70. The summed E-state index contributed by atoms with van der Waals surface area (Å²) in [5, 5.41) is 13.3. The predicted molar refractivity (Wildman–Crippen MR) is 80.7 cm³/mol. The molecule has 0 atom stereocenters. The lowest BCUT2D eigenvalue weighted by Gasteiger charge is -2.35. The fourth-order valence-electron chi connectivity index (χ4n) is 3.02. The van der Waals surface area contributed by atoms with E-state index in [4.69, 9.17) is 0 Å². The molecular weight excluding hydrogens is 269 g/mol. The van der Waals surface area contributed by atoms with E-state index in [0.29, 0.717) is 17.0 Å². The Morgan fingerprint density at radius 1 is 1.43 bits per heavy atom. The number of nitrogens with one attached hydrogen (secondary N) is 1. The highest BCUT2D eigenvalue weighted by Crippen LogP contribution is 2.33. The molecule has 0 radical (unpaired) electrons. The van der Waals surface area contributed by atoms with Crippen molar-refractivity contribution in [3.8, 4) is 0 Å². The van der Waals surface area contributed by atoms with Gasteiger partial charge >= 0.3 is 0 Å². The van der Waals surface area contributed by atoms with Crippen molar-refractivity contribution in [2.24, 2.45) is 5.92 Å². The highest BCUT2D eigenvalue weighted by molar-refractivity contribution is 5.95. The molecule has 116 valence electrons. The zero-order valence-electron chi connectivity index (χ0n) is 12.8. The van der Waals surface area contributed by atoms with Gasteiger partial charge in [0.05, 0.1) is 5.60 Å². The Labute approximate surface area is 125 Å². The van der Waals surface area contributed by atoms with E-state index in [-0.39, 0.29) is 18.3 Å². The van der Waals surface area contributed by atoms with Gasteiger partial charge in [0.2, 0.25) is 0 Å². The molecule has 0 aromatic heterocycles. The molecule has 1 aliphatic carbocycles. The van der Waals surface area contributed by atoms with Gasteiger partial charge in [-0.05, 0) is 62.3 Å². The van der Waals surface area contributed by atoms with E-state index < -0.39 is 5.60 Å². The molecule has 2 rings (SSSR count). The highest BCUT2D eigenvalue weighted by Gasteiger charge is 2.33. The van der Waals surface area contributed by atoms with Crippen LogP contribution in [0.2, 0.25) is 0 Å². The molecule has 1 aliphatic rings. The maximum absolute atomic E-state index is 13.0. The maximum atomic E-state index is 13.0. The van der Waals surface area contributed by atoms with Gasteiger partial charge < -0.3 is 10.4 Å². The zero-order valence-corrected chi connectivity index (χ0v) is 12.8. The van der Waals surface area contributed by atoms with Crippen LogP contribution >= 0.6 is 0 Å². The summed E-state index contributed by atoms with van der Waals surface area (Å²) in [4.78, 5) is 12.1. The predicted octanol–water partition coefficient (Wildman–Crippen LogP) is 3.20. The van der Waals surface area contributed by atoms with Crippen molar-refractivity contribution in [3.63, 3.8) is 0 Å². The van der Waals surface area contributed by atoms with Crippen LogP contribution in [0.5, 0.6) is 0 Å². The van der Waals surface area contributed by atoms with Crippen molar-refractivity contribution in [3.05, 3.63) is 35.1 Å². The summed E-state index contributed by atoms with van der Waals surface area (Å²) in [6.07, 6.45) is 4.64. The fraction of sp³-hybridized carbons (Fsp3) is 0.588. The molecule has 0 aliphatic heterocycles. The molecule has 1 saturated carbocycles. The third-order valence-corrected chi connectivity index (χ3v) is 4.62. The quantitative estimate of drug-likeness (QED) is 0.895. The van der Waals surface area contributed by atoms with E-state index in [1.54, 1.807) is 6.92 Å². The number of rotatable bonds is 4. The van der Waals surface area contributed by atoms with E-state index in [1.165, 1.54) is 18.2 Å². The van der Waals surface area contributed by atoms with E-state index >= 15 is 0 Å². The van der Waals surface area contributed by atoms with Crippen LogP contribution in [0.3, 0.4) is 0 Å². The zero-order chi connectivity index (χ0) is 15.5. The van der Waals surface area contributed by atoms with Gasteiger partial charge in [0.1, 0.15) is 5.82 Å². The summed E-state index contributed by atoms with van der Waals surface area (Å²) in [6, 6.07) is 4.11. The number of benzene rings is 1. The minimum absolute atomic E-state index is 0.251. The maximum Gasteiger partial charge on any atom is 0.251 e. The Morgan fingerprint density at radius 2 is 2.10 bits per heavy atom. The van der Waals surface area contributed by atoms with Gasteiger partial charge in [-0.1, -0.05) is 13.3 Å². The Kier molecular flexibility index (Phi) is 4.99. The monoisotopic (exact) mass is 293 g/mol. The van der Waals surface area contributed by atoms with Crippen LogP contribution < -0.4 is 5.32 Å². The first-order chi connectivity index (χ1) is 9.93. The molecule has 0 heterocycles. The van der Waals surface area contributed by atoms with Crippen LogP contribution in [0.4, 0.5) is 4.39 Å². The lowest BCUT2D eigenvalue weighted by molar-refractivity contribution is -0.00787. The molecule has 0 bridgehead atoms. The van der Waals surface area contributed by atoms with Crippen LogP contribution in [0.25, 0.3) is 0 Å². The summed E-state index contributed by atoms with van der Waals surface area (Å²) >= 11 is 0. The van der Waals surface area contributed by atoms with Crippen LogP contribution in [-0.2, 0) is 0 Å². The fourth-order valence-corrected chi connectivity index (χ4v) is 3.02. The molecule has 2 N–H and O–H groups in total. The molecule has 1 amide bonds. The van der Waals surface area contributed by atoms with Crippen molar-refractivity contribution in [2.75, 3.05) is 6.54 Å². The molecule has 0 spiro atoms. The first kappa shape index (κ1) is 16.0. The second-order valence-electron chi connectivity index (χ2n) is 6.22. The number of hydrogen-bond acceptors (Lipinski definition) is 2. The van der Waals surface area contributed by atoms with Crippen molar-refractivity contribution in [1.29, 1.82) is 0 Å². The highest BCUT2D eigenvalue weighted by atomic mass is 19.1. The molecule has 0 unspecified atom stereocenters. The molecule has 1 aromatic carbocycles. The van der Waals surface area contributed by atoms with E-state index in [9.17, 15) is 14.3 Å². The van der Waals surface area contributed by atoms with Crippen molar-refractivity contribution in [1.82, 2.24) is 5.32 Å². The molecule has 3 nitrogen and oxygen atoms in total. The second kappa shape index (κ2) is 6.56. The number of halogens is 1. The van der Waals surface area contributed by atoms with Gasteiger partial charge in [-0.2, -0.15) is 0 Å². The lowest BCUT2D eigenvalue weighted by atomic mass is 9.78. The standard InChI is InChI=1S/C17H24FNO2/c1-3-13-6-8-17(21,9-7-13)11-19-16(20)15-5-4-14(18)10-12(15)2/h4-5,10,13,21H,3,6-9,11H2,1-2H3,(H,19,20). The number of carbonyl (C=O) groups is 1. The van der Waals surface area contributed by atoms with Gasteiger partial charge in [-0.25, -0.2) is 4.39 Å². The van der Waals surface area contributed by atoms with E-state index in [0.717, 1.165) is 32.1 Å². The molecule has 0 saturated heterocycles. The molecule has 21 heavy (non-hydrogen) atoms. The first-order valence-electron chi connectivity index (χ1n) is 7.70. The third kappa shape index (κ3) is 4.03.